The van der Waals surface area contributed by atoms with Crippen molar-refractivity contribution in [2.24, 2.45) is 0 Å². The number of rotatable bonds is 8. The van der Waals surface area contributed by atoms with Crippen LogP contribution in [0.25, 0.3) is 52.9 Å². The lowest BCUT2D eigenvalue weighted by molar-refractivity contribution is 0.175. The molecule has 0 amide bonds. The van der Waals surface area contributed by atoms with Gasteiger partial charge < -0.3 is 18.9 Å². The summed E-state index contributed by atoms with van der Waals surface area (Å²) in [6.45, 7) is 17.1. The van der Waals surface area contributed by atoms with E-state index in [4.69, 9.17) is 18.9 Å². The average Bonchev–Trinajstić information content (AvgIpc) is 3.70. The molecule has 0 spiro atoms. The van der Waals surface area contributed by atoms with Crippen molar-refractivity contribution in [2.75, 3.05) is 26.9 Å². The fraction of sp³-hybridized carbons (Fsp3) is 0.289. The lowest BCUT2D eigenvalue weighted by atomic mass is 9.86. The van der Waals surface area contributed by atoms with E-state index in [9.17, 15) is 0 Å². The normalized spacial score (nSPS) is 12.9. The van der Waals surface area contributed by atoms with Crippen LogP contribution in [0.5, 0.6) is 23.0 Å². The molecule has 0 saturated carbocycles. The summed E-state index contributed by atoms with van der Waals surface area (Å²) >= 11 is 3.45. The molecule has 51 heavy (non-hydrogen) atoms. The second-order valence-corrected chi connectivity index (χ2v) is 17.0. The molecule has 1 aliphatic rings. The van der Waals surface area contributed by atoms with Gasteiger partial charge in [0.15, 0.2) is 23.0 Å². The van der Waals surface area contributed by atoms with Gasteiger partial charge in [0, 0.05) is 0 Å². The van der Waals surface area contributed by atoms with Gasteiger partial charge in [-0.2, -0.15) is 0 Å². The van der Waals surface area contributed by atoms with Gasteiger partial charge >= 0.3 is 0 Å². The second kappa shape index (κ2) is 13.9. The first kappa shape index (κ1) is 34.9. The van der Waals surface area contributed by atoms with E-state index < -0.39 is 0 Å². The minimum Gasteiger partial charge on any atom is -0.491 e. The molecular formula is C45H46O4S2. The molecule has 0 radical (unpaired) electrons. The van der Waals surface area contributed by atoms with Crippen LogP contribution in [0.3, 0.4) is 0 Å². The summed E-state index contributed by atoms with van der Waals surface area (Å²) in [5, 5.41) is 0. The zero-order valence-electron chi connectivity index (χ0n) is 30.8. The minimum atomic E-state index is 0.0946. The fourth-order valence-corrected chi connectivity index (χ4v) is 8.87. The molecule has 6 aromatic rings. The van der Waals surface area contributed by atoms with Gasteiger partial charge in [-0.3, -0.25) is 0 Å². The quantitative estimate of drug-likeness (QED) is 0.157. The SMILES string of the molecule is CCOc1c(-c2ccc(C(C)(C)C)cc2)sc(-c2ccc(-c3ccc(-c4sc(-c5ccc(C(C)(C)C)cc5)c5c4OCCO5)cc3)cc2)c1OC. The highest BCUT2D eigenvalue weighted by molar-refractivity contribution is 7.20. The monoisotopic (exact) mass is 714 g/mol. The maximum Gasteiger partial charge on any atom is 0.180 e. The summed E-state index contributed by atoms with van der Waals surface area (Å²) in [6, 6.07) is 35.2. The maximum absolute atomic E-state index is 6.22. The lowest BCUT2D eigenvalue weighted by Crippen LogP contribution is -2.14. The molecule has 0 unspecified atom stereocenters. The number of hydrogen-bond acceptors (Lipinski definition) is 6. The fourth-order valence-electron chi connectivity index (χ4n) is 6.44. The zero-order valence-corrected chi connectivity index (χ0v) is 32.4. The van der Waals surface area contributed by atoms with Crippen molar-refractivity contribution in [3.63, 3.8) is 0 Å². The van der Waals surface area contributed by atoms with Gasteiger partial charge in [0.2, 0.25) is 0 Å². The lowest BCUT2D eigenvalue weighted by Gasteiger charge is -2.19. The summed E-state index contributed by atoms with van der Waals surface area (Å²) in [4.78, 5) is 4.35. The molecule has 3 heterocycles. The molecule has 0 fully saturated rings. The molecule has 2 aromatic heterocycles. The number of hydrogen-bond donors (Lipinski definition) is 0. The molecule has 4 nitrogen and oxygen atoms in total. The maximum atomic E-state index is 6.22. The summed E-state index contributed by atoms with van der Waals surface area (Å²) in [7, 11) is 1.73. The van der Waals surface area contributed by atoms with E-state index in [1.54, 1.807) is 29.8 Å². The van der Waals surface area contributed by atoms with Crippen LogP contribution in [0.2, 0.25) is 0 Å². The van der Waals surface area contributed by atoms with Crippen LogP contribution in [-0.2, 0) is 10.8 Å². The molecule has 6 heteroatoms. The molecule has 0 saturated heterocycles. The van der Waals surface area contributed by atoms with Crippen molar-refractivity contribution < 1.29 is 18.9 Å². The van der Waals surface area contributed by atoms with Crippen molar-refractivity contribution in [3.8, 4) is 75.9 Å². The van der Waals surface area contributed by atoms with E-state index in [2.05, 4.69) is 139 Å². The van der Waals surface area contributed by atoms with Crippen molar-refractivity contribution in [2.45, 2.75) is 59.3 Å². The van der Waals surface area contributed by atoms with Crippen molar-refractivity contribution in [1.29, 1.82) is 0 Å². The Hall–Kier alpha value is -4.52. The molecule has 4 aromatic carbocycles. The molecule has 0 N–H and O–H groups in total. The van der Waals surface area contributed by atoms with Crippen LogP contribution in [0.1, 0.15) is 59.6 Å². The van der Waals surface area contributed by atoms with E-state index in [0.717, 1.165) is 75.9 Å². The zero-order chi connectivity index (χ0) is 35.9. The van der Waals surface area contributed by atoms with Gasteiger partial charge in [0.05, 0.1) is 33.2 Å². The van der Waals surface area contributed by atoms with Crippen LogP contribution in [-0.4, -0.2) is 26.9 Å². The molecular weight excluding hydrogens is 669 g/mol. The van der Waals surface area contributed by atoms with Crippen molar-refractivity contribution in [1.82, 2.24) is 0 Å². The van der Waals surface area contributed by atoms with Crippen LogP contribution in [0.4, 0.5) is 0 Å². The highest BCUT2D eigenvalue weighted by Crippen LogP contribution is 2.55. The van der Waals surface area contributed by atoms with Crippen molar-refractivity contribution in [3.05, 3.63) is 108 Å². The van der Waals surface area contributed by atoms with Crippen LogP contribution in [0, 0.1) is 0 Å². The molecule has 7 rings (SSSR count). The smallest absolute Gasteiger partial charge is 0.180 e. The van der Waals surface area contributed by atoms with Crippen LogP contribution >= 0.6 is 22.7 Å². The predicted molar refractivity (Wildman–Crippen MR) is 215 cm³/mol. The second-order valence-electron chi connectivity index (χ2n) is 15.0. The van der Waals surface area contributed by atoms with Crippen LogP contribution in [0.15, 0.2) is 97.1 Å². The Kier molecular flexibility index (Phi) is 9.51. The first-order valence-corrected chi connectivity index (χ1v) is 19.3. The highest BCUT2D eigenvalue weighted by Gasteiger charge is 2.27. The topological polar surface area (TPSA) is 36.9 Å². The van der Waals surface area contributed by atoms with Gasteiger partial charge in [-0.05, 0) is 62.3 Å². The van der Waals surface area contributed by atoms with Gasteiger partial charge in [-0.1, -0.05) is 139 Å². The number of methoxy groups -OCH3 is 1. The standard InChI is InChI=1S/C45H46O4S2/c1-9-47-37-36(46-8)40(50-41(37)32-18-22-34(23-19-32)44(2,3)4)30-14-10-28(11-15-30)29-12-16-31(17-13-29)42-38-39(49-27-26-48-38)43(51-42)33-20-24-35(25-21-33)45(5,6)7/h10-25H,9,26-27H2,1-8H3. The van der Waals surface area contributed by atoms with E-state index >= 15 is 0 Å². The summed E-state index contributed by atoms with van der Waals surface area (Å²) in [6.07, 6.45) is 0. The third kappa shape index (κ3) is 6.92. The third-order valence-corrected chi connectivity index (χ3v) is 11.9. The Bertz CT molecular complexity index is 2120. The predicted octanol–water partition coefficient (Wildman–Crippen LogP) is 12.9. The largest absolute Gasteiger partial charge is 0.491 e. The summed E-state index contributed by atoms with van der Waals surface area (Å²) < 4.78 is 24.6. The van der Waals surface area contributed by atoms with Gasteiger partial charge in [0.25, 0.3) is 0 Å². The van der Waals surface area contributed by atoms with Crippen LogP contribution < -0.4 is 18.9 Å². The van der Waals surface area contributed by atoms with E-state index in [-0.39, 0.29) is 10.8 Å². The number of ether oxygens (including phenoxy) is 4. The number of benzene rings is 4. The summed E-state index contributed by atoms with van der Waals surface area (Å²) in [5.74, 6) is 3.28. The van der Waals surface area contributed by atoms with E-state index in [0.29, 0.717) is 19.8 Å². The molecule has 0 bridgehead atoms. The highest BCUT2D eigenvalue weighted by atomic mass is 32.1. The first-order chi connectivity index (χ1) is 24.5. The van der Waals surface area contributed by atoms with Crippen molar-refractivity contribution >= 4 is 22.7 Å². The van der Waals surface area contributed by atoms with Gasteiger partial charge in [-0.25, -0.2) is 0 Å². The minimum absolute atomic E-state index is 0.0946. The van der Waals surface area contributed by atoms with Gasteiger partial charge in [-0.15, -0.1) is 22.7 Å². The molecule has 0 atom stereocenters. The third-order valence-electron chi connectivity index (χ3n) is 9.37. The average molecular weight is 715 g/mol. The van der Waals surface area contributed by atoms with E-state index in [1.165, 1.54) is 11.1 Å². The Labute approximate surface area is 310 Å². The number of thiophene rings is 2. The Morgan fingerprint density at radius 3 is 1.20 bits per heavy atom. The summed E-state index contributed by atoms with van der Waals surface area (Å²) in [5.41, 5.74) is 9.62. The Morgan fingerprint density at radius 1 is 0.490 bits per heavy atom. The molecule has 262 valence electrons. The first-order valence-electron chi connectivity index (χ1n) is 17.6. The Balaban J connectivity index is 1.17. The number of fused-ring (bicyclic) bond motifs is 1. The molecule has 1 aliphatic heterocycles. The molecule has 0 aliphatic carbocycles. The van der Waals surface area contributed by atoms with E-state index in [1.807, 2.05) is 6.92 Å². The van der Waals surface area contributed by atoms with Gasteiger partial charge in [0.1, 0.15) is 13.2 Å². The Morgan fingerprint density at radius 2 is 0.824 bits per heavy atom.